The summed E-state index contributed by atoms with van der Waals surface area (Å²) < 4.78 is 0. The molecule has 2 heterocycles. The predicted molar refractivity (Wildman–Crippen MR) is 74.4 cm³/mol. The Labute approximate surface area is 111 Å². The Morgan fingerprint density at radius 3 is 2.61 bits per heavy atom. The molecule has 1 N–H and O–H groups in total. The second-order valence-electron chi connectivity index (χ2n) is 6.79. The van der Waals surface area contributed by atoms with Crippen molar-refractivity contribution < 1.29 is 4.79 Å². The van der Waals surface area contributed by atoms with Gasteiger partial charge in [-0.3, -0.25) is 4.79 Å². The lowest BCUT2D eigenvalue weighted by molar-refractivity contribution is -0.136. The Hall–Kier alpha value is -0.570. The summed E-state index contributed by atoms with van der Waals surface area (Å²) in [6.07, 6.45) is 5.76. The molecule has 104 valence electrons. The molecule has 2 rings (SSSR count). The maximum Gasteiger partial charge on any atom is 0.239 e. The molecule has 2 aliphatic heterocycles. The average molecular weight is 252 g/mol. The lowest BCUT2D eigenvalue weighted by Crippen LogP contribution is -2.52. The summed E-state index contributed by atoms with van der Waals surface area (Å²) in [5.41, 5.74) is 0.419. The molecule has 0 aliphatic carbocycles. The summed E-state index contributed by atoms with van der Waals surface area (Å²) in [5, 5.41) is 3.41. The molecule has 3 nitrogen and oxygen atoms in total. The van der Waals surface area contributed by atoms with Crippen LogP contribution in [0.4, 0.5) is 0 Å². The summed E-state index contributed by atoms with van der Waals surface area (Å²) in [7, 11) is 0. The number of hydrogen-bond donors (Lipinski definition) is 1. The molecule has 0 saturated carbocycles. The number of nitrogens with zero attached hydrogens (tertiary/aromatic N) is 1. The van der Waals surface area contributed by atoms with Crippen LogP contribution in [0.15, 0.2) is 0 Å². The van der Waals surface area contributed by atoms with Crippen LogP contribution in [0.2, 0.25) is 0 Å². The monoisotopic (exact) mass is 252 g/mol. The van der Waals surface area contributed by atoms with Crippen LogP contribution in [-0.4, -0.2) is 36.5 Å². The first-order valence-corrected chi connectivity index (χ1v) is 7.54. The van der Waals surface area contributed by atoms with Crippen LogP contribution >= 0.6 is 0 Å². The predicted octanol–water partition coefficient (Wildman–Crippen LogP) is 2.41. The third kappa shape index (κ3) is 3.25. The molecule has 0 spiro atoms. The second-order valence-corrected chi connectivity index (χ2v) is 6.79. The molecule has 18 heavy (non-hydrogen) atoms. The van der Waals surface area contributed by atoms with Gasteiger partial charge in [0.25, 0.3) is 0 Å². The standard InChI is InChI=1S/C15H28N2O/c1-4-12-5-8-16-13(11-12)14(18)17-9-6-15(2,3)7-10-17/h12-13,16H,4-11H2,1-3H3. The van der Waals surface area contributed by atoms with Crippen LogP contribution in [0.5, 0.6) is 0 Å². The highest BCUT2D eigenvalue weighted by atomic mass is 16.2. The van der Waals surface area contributed by atoms with E-state index in [0.29, 0.717) is 11.3 Å². The van der Waals surface area contributed by atoms with Gasteiger partial charge in [0.1, 0.15) is 0 Å². The Kier molecular flexibility index (Phi) is 4.31. The van der Waals surface area contributed by atoms with Crippen molar-refractivity contribution >= 4 is 5.91 Å². The van der Waals surface area contributed by atoms with E-state index in [-0.39, 0.29) is 6.04 Å². The van der Waals surface area contributed by atoms with Gasteiger partial charge in [-0.05, 0) is 43.6 Å². The van der Waals surface area contributed by atoms with Crippen LogP contribution in [0.25, 0.3) is 0 Å². The lowest BCUT2D eigenvalue weighted by atomic mass is 9.82. The highest BCUT2D eigenvalue weighted by Crippen LogP contribution is 2.30. The van der Waals surface area contributed by atoms with Gasteiger partial charge in [0.05, 0.1) is 6.04 Å². The largest absolute Gasteiger partial charge is 0.341 e. The van der Waals surface area contributed by atoms with Crippen molar-refractivity contribution in [3.8, 4) is 0 Å². The van der Waals surface area contributed by atoms with Gasteiger partial charge in [0.2, 0.25) is 5.91 Å². The maximum atomic E-state index is 12.5. The molecule has 0 radical (unpaired) electrons. The zero-order valence-electron chi connectivity index (χ0n) is 12.2. The molecule has 2 atom stereocenters. The number of likely N-dealkylation sites (tertiary alicyclic amines) is 1. The number of piperidine rings is 2. The minimum atomic E-state index is 0.0879. The Balaban J connectivity index is 1.87. The fraction of sp³-hybridized carbons (Fsp3) is 0.933. The molecular weight excluding hydrogens is 224 g/mol. The molecule has 1 amide bonds. The van der Waals surface area contributed by atoms with E-state index in [4.69, 9.17) is 0 Å². The quantitative estimate of drug-likeness (QED) is 0.818. The summed E-state index contributed by atoms with van der Waals surface area (Å²) in [6, 6.07) is 0.0879. The van der Waals surface area contributed by atoms with E-state index in [1.165, 1.54) is 12.8 Å². The van der Waals surface area contributed by atoms with Crippen molar-refractivity contribution in [1.82, 2.24) is 10.2 Å². The Morgan fingerprint density at radius 1 is 1.33 bits per heavy atom. The van der Waals surface area contributed by atoms with Crippen molar-refractivity contribution in [2.75, 3.05) is 19.6 Å². The zero-order chi connectivity index (χ0) is 13.2. The first-order chi connectivity index (χ1) is 8.52. The third-order valence-corrected chi connectivity index (χ3v) is 4.82. The highest BCUT2D eigenvalue weighted by molar-refractivity contribution is 5.82. The molecule has 2 unspecified atom stereocenters. The van der Waals surface area contributed by atoms with Gasteiger partial charge in [0.15, 0.2) is 0 Å². The number of carbonyl (C=O) groups excluding carboxylic acids is 1. The summed E-state index contributed by atoms with van der Waals surface area (Å²) in [5.74, 6) is 1.09. The number of rotatable bonds is 2. The van der Waals surface area contributed by atoms with Crippen LogP contribution < -0.4 is 5.32 Å². The molecule has 0 aromatic carbocycles. The zero-order valence-corrected chi connectivity index (χ0v) is 12.2. The van der Waals surface area contributed by atoms with Crippen molar-refractivity contribution in [3.05, 3.63) is 0 Å². The van der Waals surface area contributed by atoms with Crippen molar-refractivity contribution in [3.63, 3.8) is 0 Å². The molecular formula is C15H28N2O. The van der Waals surface area contributed by atoms with E-state index in [2.05, 4.69) is 31.0 Å². The molecule has 2 fully saturated rings. The van der Waals surface area contributed by atoms with Gasteiger partial charge in [-0.1, -0.05) is 27.2 Å². The lowest BCUT2D eigenvalue weighted by Gasteiger charge is -2.40. The van der Waals surface area contributed by atoms with Gasteiger partial charge in [-0.2, -0.15) is 0 Å². The van der Waals surface area contributed by atoms with Crippen molar-refractivity contribution in [2.24, 2.45) is 11.3 Å². The fourth-order valence-corrected chi connectivity index (χ4v) is 3.11. The molecule has 0 aromatic rings. The van der Waals surface area contributed by atoms with E-state index in [1.807, 2.05) is 0 Å². The first kappa shape index (κ1) is 13.9. The van der Waals surface area contributed by atoms with Crippen LogP contribution in [0.3, 0.4) is 0 Å². The summed E-state index contributed by atoms with van der Waals surface area (Å²) in [6.45, 7) is 9.75. The Morgan fingerprint density at radius 2 is 2.00 bits per heavy atom. The van der Waals surface area contributed by atoms with Crippen molar-refractivity contribution in [1.29, 1.82) is 0 Å². The summed E-state index contributed by atoms with van der Waals surface area (Å²) >= 11 is 0. The minimum Gasteiger partial charge on any atom is -0.341 e. The van der Waals surface area contributed by atoms with Crippen LogP contribution in [0, 0.1) is 11.3 Å². The van der Waals surface area contributed by atoms with Crippen molar-refractivity contribution in [2.45, 2.75) is 58.9 Å². The summed E-state index contributed by atoms with van der Waals surface area (Å²) in [4.78, 5) is 14.6. The van der Waals surface area contributed by atoms with Gasteiger partial charge >= 0.3 is 0 Å². The number of nitrogens with one attached hydrogen (secondary N) is 1. The molecule has 0 aromatic heterocycles. The number of hydrogen-bond acceptors (Lipinski definition) is 2. The molecule has 2 saturated heterocycles. The first-order valence-electron chi connectivity index (χ1n) is 7.54. The fourth-order valence-electron chi connectivity index (χ4n) is 3.11. The maximum absolute atomic E-state index is 12.5. The van der Waals surface area contributed by atoms with Gasteiger partial charge in [0, 0.05) is 13.1 Å². The average Bonchev–Trinajstić information content (AvgIpc) is 2.38. The van der Waals surface area contributed by atoms with Crippen LogP contribution in [0.1, 0.15) is 52.9 Å². The third-order valence-electron chi connectivity index (χ3n) is 4.82. The van der Waals surface area contributed by atoms with Gasteiger partial charge in [-0.25, -0.2) is 0 Å². The van der Waals surface area contributed by atoms with E-state index in [1.54, 1.807) is 0 Å². The normalized spacial score (nSPS) is 32.3. The van der Waals surface area contributed by atoms with E-state index >= 15 is 0 Å². The smallest absolute Gasteiger partial charge is 0.239 e. The number of carbonyl (C=O) groups is 1. The second kappa shape index (κ2) is 5.60. The topological polar surface area (TPSA) is 32.3 Å². The van der Waals surface area contributed by atoms with Gasteiger partial charge in [-0.15, -0.1) is 0 Å². The van der Waals surface area contributed by atoms with Gasteiger partial charge < -0.3 is 10.2 Å². The molecule has 0 bridgehead atoms. The van der Waals surface area contributed by atoms with E-state index < -0.39 is 0 Å². The van der Waals surface area contributed by atoms with Crippen LogP contribution in [-0.2, 0) is 4.79 Å². The van der Waals surface area contributed by atoms with E-state index in [0.717, 1.165) is 44.8 Å². The highest BCUT2D eigenvalue weighted by Gasteiger charge is 2.33. The minimum absolute atomic E-state index is 0.0879. The van der Waals surface area contributed by atoms with E-state index in [9.17, 15) is 4.79 Å². The molecule has 3 heteroatoms. The number of amides is 1. The SMILES string of the molecule is CCC1CCNC(C(=O)N2CCC(C)(C)CC2)C1. The Bertz CT molecular complexity index is 291. The molecule has 2 aliphatic rings.